The van der Waals surface area contributed by atoms with Gasteiger partial charge in [0.2, 0.25) is 0 Å². The molecular weight excluding hydrogens is 345 g/mol. The van der Waals surface area contributed by atoms with Crippen LogP contribution in [0.15, 0.2) is 29.1 Å². The van der Waals surface area contributed by atoms with Crippen molar-refractivity contribution in [3.63, 3.8) is 0 Å². The molecule has 0 aliphatic carbocycles. The molecule has 2 aromatic rings. The van der Waals surface area contributed by atoms with Crippen molar-refractivity contribution in [1.29, 1.82) is 5.26 Å². The van der Waals surface area contributed by atoms with Crippen LogP contribution >= 0.6 is 11.3 Å². The molecule has 0 saturated carbocycles. The molecule has 0 radical (unpaired) electrons. The first kappa shape index (κ1) is 18.4. The Morgan fingerprint density at radius 1 is 1.44 bits per heavy atom. The number of aromatic nitrogens is 1. The summed E-state index contributed by atoms with van der Waals surface area (Å²) < 4.78 is 20.3. The maximum Gasteiger partial charge on any atom is 0.351 e. The van der Waals surface area contributed by atoms with Crippen molar-refractivity contribution >= 4 is 34.8 Å². The molecule has 0 aliphatic rings. The van der Waals surface area contributed by atoms with Crippen molar-refractivity contribution in [2.45, 2.75) is 20.4 Å². The lowest BCUT2D eigenvalue weighted by Crippen LogP contribution is -2.32. The van der Waals surface area contributed by atoms with Gasteiger partial charge in [-0.2, -0.15) is 5.26 Å². The number of rotatable bonds is 5. The maximum absolute atomic E-state index is 13.6. The number of esters is 1. The van der Waals surface area contributed by atoms with Crippen LogP contribution in [0.4, 0.5) is 10.1 Å². The zero-order valence-corrected chi connectivity index (χ0v) is 14.5. The van der Waals surface area contributed by atoms with Gasteiger partial charge in [0.15, 0.2) is 5.57 Å². The summed E-state index contributed by atoms with van der Waals surface area (Å²) in [4.78, 5) is 24.4. The van der Waals surface area contributed by atoms with E-state index in [1.165, 1.54) is 22.9 Å². The van der Waals surface area contributed by atoms with E-state index in [0.29, 0.717) is 0 Å². The molecule has 0 saturated heterocycles. The van der Waals surface area contributed by atoms with Crippen LogP contribution in [-0.4, -0.2) is 17.1 Å². The third-order valence-electron chi connectivity index (χ3n) is 3.26. The highest BCUT2D eigenvalue weighted by Crippen LogP contribution is 2.11. The average Bonchev–Trinajstić information content (AvgIpc) is 2.91. The Bertz CT molecular complexity index is 1000. The molecule has 0 fully saturated rings. The summed E-state index contributed by atoms with van der Waals surface area (Å²) >= 11 is 0.972. The first-order valence-corrected chi connectivity index (χ1v) is 8.37. The van der Waals surface area contributed by atoms with Crippen molar-refractivity contribution in [1.82, 2.24) is 4.57 Å². The van der Waals surface area contributed by atoms with Gasteiger partial charge in [-0.3, -0.25) is 9.36 Å². The average molecular weight is 361 g/mol. The third kappa shape index (κ3) is 3.95. The quantitative estimate of drug-likeness (QED) is 0.808. The van der Waals surface area contributed by atoms with Crippen LogP contribution in [0.3, 0.4) is 0 Å². The summed E-state index contributed by atoms with van der Waals surface area (Å²) in [7, 11) is 0. The number of ether oxygens (including phenoxy) is 1. The van der Waals surface area contributed by atoms with Gasteiger partial charge in [-0.1, -0.05) is 12.1 Å². The van der Waals surface area contributed by atoms with Crippen molar-refractivity contribution in [2.24, 2.45) is 0 Å². The van der Waals surface area contributed by atoms with Gasteiger partial charge < -0.3 is 10.1 Å². The molecule has 6 nitrogen and oxygen atoms in total. The van der Waals surface area contributed by atoms with Gasteiger partial charge >= 0.3 is 5.97 Å². The topological polar surface area (TPSA) is 84.1 Å². The van der Waals surface area contributed by atoms with E-state index in [4.69, 9.17) is 4.74 Å². The van der Waals surface area contributed by atoms with Gasteiger partial charge in [0.25, 0.3) is 5.56 Å². The fourth-order valence-corrected chi connectivity index (χ4v) is 3.18. The first-order valence-electron chi connectivity index (χ1n) is 7.55. The van der Waals surface area contributed by atoms with Crippen LogP contribution < -0.4 is 20.1 Å². The number of thiazole rings is 1. The molecule has 0 spiro atoms. The Morgan fingerprint density at radius 3 is 2.76 bits per heavy atom. The highest BCUT2D eigenvalue weighted by Gasteiger charge is 2.16. The zero-order valence-electron chi connectivity index (χ0n) is 13.7. The van der Waals surface area contributed by atoms with Gasteiger partial charge in [0.1, 0.15) is 21.1 Å². The Kier molecular flexibility index (Phi) is 6.08. The number of carbonyl (C=O) groups is 1. The largest absolute Gasteiger partial charge is 0.462 e. The lowest BCUT2D eigenvalue weighted by atomic mass is 10.3. The van der Waals surface area contributed by atoms with Crippen LogP contribution in [0.1, 0.15) is 13.8 Å². The first-order chi connectivity index (χ1) is 12.0. The summed E-state index contributed by atoms with van der Waals surface area (Å²) in [5.74, 6) is -1.23. The van der Waals surface area contributed by atoms with Gasteiger partial charge in [-0.05, 0) is 26.0 Å². The second-order valence-electron chi connectivity index (χ2n) is 4.80. The smallest absolute Gasteiger partial charge is 0.351 e. The van der Waals surface area contributed by atoms with Crippen LogP contribution in [-0.2, 0) is 16.1 Å². The number of halogens is 1. The van der Waals surface area contributed by atoms with E-state index in [1.54, 1.807) is 32.0 Å². The zero-order chi connectivity index (χ0) is 18.4. The fraction of sp³-hybridized carbons (Fsp3) is 0.235. The summed E-state index contributed by atoms with van der Waals surface area (Å²) in [5.41, 5.74) is -0.380. The van der Waals surface area contributed by atoms with Gasteiger partial charge in [0, 0.05) is 12.7 Å². The van der Waals surface area contributed by atoms with Crippen LogP contribution in [0.5, 0.6) is 0 Å². The number of nitrogens with one attached hydrogen (secondary N) is 1. The van der Waals surface area contributed by atoms with Gasteiger partial charge in [-0.15, -0.1) is 11.3 Å². The van der Waals surface area contributed by atoms with Crippen molar-refractivity contribution in [3.8, 4) is 6.07 Å². The van der Waals surface area contributed by atoms with Crippen molar-refractivity contribution < 1.29 is 13.9 Å². The minimum absolute atomic E-state index is 0.125. The number of para-hydroxylation sites is 1. The molecule has 0 aliphatic heterocycles. The van der Waals surface area contributed by atoms with Crippen LogP contribution in [0.2, 0.25) is 0 Å². The molecule has 0 atom stereocenters. The minimum atomic E-state index is -0.776. The molecule has 1 N–H and O–H groups in total. The van der Waals surface area contributed by atoms with Crippen LogP contribution in [0, 0.1) is 17.1 Å². The van der Waals surface area contributed by atoms with E-state index in [-0.39, 0.29) is 39.2 Å². The molecule has 0 unspecified atom stereocenters. The monoisotopic (exact) mass is 361 g/mol. The van der Waals surface area contributed by atoms with Gasteiger partial charge in [0.05, 0.1) is 12.3 Å². The Balaban J connectivity index is 2.60. The molecule has 8 heteroatoms. The van der Waals surface area contributed by atoms with E-state index >= 15 is 0 Å². The number of nitriles is 1. The number of anilines is 1. The second-order valence-corrected chi connectivity index (χ2v) is 5.83. The molecule has 0 amide bonds. The van der Waals surface area contributed by atoms with E-state index < -0.39 is 11.8 Å². The molecule has 1 heterocycles. The molecule has 1 aromatic heterocycles. The summed E-state index contributed by atoms with van der Waals surface area (Å²) in [6, 6.07) is 7.84. The predicted octanol–water partition coefficient (Wildman–Crippen LogP) is 1.16. The Hall–Kier alpha value is -2.92. The third-order valence-corrected chi connectivity index (χ3v) is 4.39. The van der Waals surface area contributed by atoms with E-state index in [2.05, 4.69) is 5.32 Å². The lowest BCUT2D eigenvalue weighted by Gasteiger charge is -2.00. The highest BCUT2D eigenvalue weighted by molar-refractivity contribution is 7.07. The van der Waals surface area contributed by atoms with E-state index in [0.717, 1.165) is 11.3 Å². The Labute approximate surface area is 147 Å². The fourth-order valence-electron chi connectivity index (χ4n) is 2.10. The molecule has 2 rings (SSSR count). The molecule has 1 aromatic carbocycles. The van der Waals surface area contributed by atoms with Gasteiger partial charge in [-0.25, -0.2) is 9.18 Å². The predicted molar refractivity (Wildman–Crippen MR) is 93.6 cm³/mol. The minimum Gasteiger partial charge on any atom is -0.462 e. The number of carbonyl (C=O) groups excluding carboxylic acids is 1. The maximum atomic E-state index is 13.6. The number of benzene rings is 1. The molecule has 0 bridgehead atoms. The van der Waals surface area contributed by atoms with Crippen LogP contribution in [0.25, 0.3) is 11.8 Å². The Morgan fingerprint density at radius 2 is 2.16 bits per heavy atom. The molecule has 130 valence electrons. The lowest BCUT2D eigenvalue weighted by molar-refractivity contribution is -0.136. The second kappa shape index (κ2) is 8.26. The summed E-state index contributed by atoms with van der Waals surface area (Å²) in [6.07, 6.45) is 1.36. The number of hydrogen-bond acceptors (Lipinski definition) is 6. The van der Waals surface area contributed by atoms with E-state index in [9.17, 15) is 19.2 Å². The SMILES string of the molecule is CCOC(=O)/C(C#N)=c1\sc(=CNc2ccccc2F)c(=O)n1CC. The van der Waals surface area contributed by atoms with E-state index in [1.807, 2.05) is 0 Å². The van der Waals surface area contributed by atoms with Crippen molar-refractivity contribution in [3.05, 3.63) is 49.6 Å². The summed E-state index contributed by atoms with van der Waals surface area (Å²) in [5, 5.41) is 12.0. The van der Waals surface area contributed by atoms with Crippen molar-refractivity contribution in [2.75, 3.05) is 11.9 Å². The summed E-state index contributed by atoms with van der Waals surface area (Å²) in [6.45, 7) is 3.76. The standard InChI is InChI=1S/C17H16FN3O3S/c1-3-21-15(22)14(10-20-13-8-6-5-7-12(13)18)25-16(21)11(9-19)17(23)24-4-2/h5-8,10,20H,3-4H2,1-2H3/b14-10?,16-11-. The normalized spacial score (nSPS) is 12.5. The molecule has 25 heavy (non-hydrogen) atoms. The number of hydrogen-bond donors (Lipinski definition) is 1. The molecular formula is C17H16FN3O3S. The highest BCUT2D eigenvalue weighted by atomic mass is 32.1. The number of nitrogens with zero attached hydrogens (tertiary/aromatic N) is 2.